The molecule has 92 valence electrons. The van der Waals surface area contributed by atoms with E-state index in [0.717, 1.165) is 17.3 Å². The van der Waals surface area contributed by atoms with Crippen LogP contribution in [0.5, 0.6) is 0 Å². The van der Waals surface area contributed by atoms with Gasteiger partial charge in [0.05, 0.1) is 11.7 Å². The van der Waals surface area contributed by atoms with Crippen LogP contribution in [0.2, 0.25) is 0 Å². The summed E-state index contributed by atoms with van der Waals surface area (Å²) < 4.78 is 5.19. The van der Waals surface area contributed by atoms with Crippen molar-refractivity contribution in [1.82, 2.24) is 10.1 Å². The zero-order valence-electron chi connectivity index (χ0n) is 10.4. The molecule has 0 aliphatic rings. The molecule has 16 heavy (non-hydrogen) atoms. The van der Waals surface area contributed by atoms with Crippen LogP contribution in [0.1, 0.15) is 45.3 Å². The van der Waals surface area contributed by atoms with Crippen LogP contribution in [0.25, 0.3) is 0 Å². The number of hydrogen-bond donors (Lipinski definition) is 1. The summed E-state index contributed by atoms with van der Waals surface area (Å²) in [6, 6.07) is 0.0385. The van der Waals surface area contributed by atoms with Crippen LogP contribution in [0, 0.1) is 5.92 Å². The highest BCUT2D eigenvalue weighted by Gasteiger charge is 2.17. The van der Waals surface area contributed by atoms with Gasteiger partial charge in [-0.15, -0.1) is 0 Å². The Kier molecular flexibility index (Phi) is 5.28. The van der Waals surface area contributed by atoms with E-state index in [-0.39, 0.29) is 12.0 Å². The Hall–Kier alpha value is -0.550. The van der Waals surface area contributed by atoms with E-state index in [1.165, 1.54) is 0 Å². The smallest absolute Gasteiger partial charge is 0.231 e. The van der Waals surface area contributed by atoms with Gasteiger partial charge in [-0.25, -0.2) is 0 Å². The minimum atomic E-state index is 0.0385. The average Bonchev–Trinajstić information content (AvgIpc) is 2.64. The Bertz CT molecular complexity index is 312. The molecule has 0 fully saturated rings. The van der Waals surface area contributed by atoms with E-state index in [0.29, 0.717) is 11.8 Å². The lowest BCUT2D eigenvalue weighted by molar-refractivity contribution is 0.344. The van der Waals surface area contributed by atoms with Gasteiger partial charge < -0.3 is 10.3 Å². The van der Waals surface area contributed by atoms with E-state index in [1.54, 1.807) is 0 Å². The van der Waals surface area contributed by atoms with Gasteiger partial charge in [0.1, 0.15) is 0 Å². The summed E-state index contributed by atoms with van der Waals surface area (Å²) in [4.78, 5) is 4.35. The summed E-state index contributed by atoms with van der Waals surface area (Å²) in [5.74, 6) is 4.17. The molecular formula is C11H21N3OS. The summed E-state index contributed by atoms with van der Waals surface area (Å²) in [5.41, 5.74) is 5.78. The molecule has 1 aromatic heterocycles. The lowest BCUT2D eigenvalue weighted by Gasteiger charge is -2.09. The molecular weight excluding hydrogens is 222 g/mol. The highest BCUT2D eigenvalue weighted by atomic mass is 32.2. The molecule has 0 amide bonds. The molecule has 2 unspecified atom stereocenters. The quantitative estimate of drug-likeness (QED) is 0.831. The Morgan fingerprint density at radius 2 is 2.00 bits per heavy atom. The monoisotopic (exact) mass is 243 g/mol. The van der Waals surface area contributed by atoms with Gasteiger partial charge in [-0.2, -0.15) is 16.7 Å². The molecule has 5 heteroatoms. The predicted molar refractivity (Wildman–Crippen MR) is 67.4 cm³/mol. The highest BCUT2D eigenvalue weighted by Crippen LogP contribution is 2.18. The topological polar surface area (TPSA) is 64.9 Å². The van der Waals surface area contributed by atoms with Crippen LogP contribution in [-0.2, 0) is 5.75 Å². The number of rotatable bonds is 6. The molecule has 0 saturated carbocycles. The summed E-state index contributed by atoms with van der Waals surface area (Å²) >= 11 is 1.83. The van der Waals surface area contributed by atoms with Crippen molar-refractivity contribution in [2.24, 2.45) is 11.7 Å². The normalized spacial score (nSPS) is 15.4. The molecule has 2 N–H and O–H groups in total. The van der Waals surface area contributed by atoms with Crippen molar-refractivity contribution in [1.29, 1.82) is 0 Å². The van der Waals surface area contributed by atoms with Gasteiger partial charge in [0, 0.05) is 6.04 Å². The predicted octanol–water partition coefficient (Wildman–Crippen LogP) is 2.41. The minimum Gasteiger partial charge on any atom is -0.339 e. The molecule has 0 spiro atoms. The molecule has 0 radical (unpaired) electrons. The molecule has 2 atom stereocenters. The lowest BCUT2D eigenvalue weighted by atomic mass is 10.1. The van der Waals surface area contributed by atoms with Crippen molar-refractivity contribution < 1.29 is 4.52 Å². The molecule has 0 aliphatic heterocycles. The highest BCUT2D eigenvalue weighted by molar-refractivity contribution is 7.98. The number of nitrogens with two attached hydrogens (primary N) is 1. The van der Waals surface area contributed by atoms with E-state index in [9.17, 15) is 0 Å². The second-order valence-electron chi connectivity index (χ2n) is 4.61. The second kappa shape index (κ2) is 6.25. The molecule has 4 nitrogen and oxygen atoms in total. The fourth-order valence-corrected chi connectivity index (χ4v) is 2.01. The standard InChI is InChI=1S/C11H21N3OS/c1-7(2)5-16-6-10-13-11(15-14-10)8(3)9(4)12/h7-9H,5-6,12H2,1-4H3. The van der Waals surface area contributed by atoms with Gasteiger partial charge in [0.2, 0.25) is 5.89 Å². The van der Waals surface area contributed by atoms with Crippen LogP contribution in [0.15, 0.2) is 4.52 Å². The van der Waals surface area contributed by atoms with Gasteiger partial charge in [-0.05, 0) is 18.6 Å². The number of nitrogens with zero attached hydrogens (tertiary/aromatic N) is 2. The summed E-state index contributed by atoms with van der Waals surface area (Å²) in [6.07, 6.45) is 0. The van der Waals surface area contributed by atoms with Crippen molar-refractivity contribution in [3.05, 3.63) is 11.7 Å². The van der Waals surface area contributed by atoms with Crippen LogP contribution in [0.4, 0.5) is 0 Å². The Morgan fingerprint density at radius 1 is 1.31 bits per heavy atom. The SMILES string of the molecule is CC(C)CSCc1noc(C(C)C(C)N)n1. The third-order valence-corrected chi connectivity index (χ3v) is 3.71. The number of thioether (sulfide) groups is 1. The molecule has 1 heterocycles. The van der Waals surface area contributed by atoms with Crippen molar-refractivity contribution in [2.75, 3.05) is 5.75 Å². The number of aromatic nitrogens is 2. The van der Waals surface area contributed by atoms with Crippen LogP contribution in [-0.4, -0.2) is 21.9 Å². The molecule has 0 bridgehead atoms. The van der Waals surface area contributed by atoms with Crippen LogP contribution in [0.3, 0.4) is 0 Å². The zero-order valence-corrected chi connectivity index (χ0v) is 11.3. The van der Waals surface area contributed by atoms with Gasteiger partial charge in [-0.3, -0.25) is 0 Å². The minimum absolute atomic E-state index is 0.0385. The van der Waals surface area contributed by atoms with E-state index >= 15 is 0 Å². The molecule has 0 aliphatic carbocycles. The fraction of sp³-hybridized carbons (Fsp3) is 0.818. The lowest BCUT2D eigenvalue weighted by Crippen LogP contribution is -2.22. The van der Waals surface area contributed by atoms with E-state index in [1.807, 2.05) is 25.6 Å². The first-order valence-corrected chi connectivity index (χ1v) is 6.82. The average molecular weight is 243 g/mol. The second-order valence-corrected chi connectivity index (χ2v) is 5.64. The molecule has 0 aromatic carbocycles. The zero-order chi connectivity index (χ0) is 12.1. The van der Waals surface area contributed by atoms with E-state index in [4.69, 9.17) is 10.3 Å². The van der Waals surface area contributed by atoms with Gasteiger partial charge in [0.15, 0.2) is 5.82 Å². The van der Waals surface area contributed by atoms with Crippen molar-refractivity contribution in [3.63, 3.8) is 0 Å². The van der Waals surface area contributed by atoms with Gasteiger partial charge >= 0.3 is 0 Å². The summed E-state index contributed by atoms with van der Waals surface area (Å²) in [5, 5.41) is 3.95. The Labute approximate surface area is 101 Å². The fourth-order valence-electron chi connectivity index (χ4n) is 1.12. The summed E-state index contributed by atoms with van der Waals surface area (Å²) in [7, 11) is 0. The maximum atomic E-state index is 5.78. The summed E-state index contributed by atoms with van der Waals surface area (Å²) in [6.45, 7) is 8.35. The third kappa shape index (κ3) is 4.14. The first kappa shape index (κ1) is 13.5. The maximum absolute atomic E-state index is 5.78. The van der Waals surface area contributed by atoms with Crippen LogP contribution < -0.4 is 5.73 Å². The van der Waals surface area contributed by atoms with E-state index in [2.05, 4.69) is 24.0 Å². The molecule has 1 aromatic rings. The largest absolute Gasteiger partial charge is 0.339 e. The third-order valence-electron chi connectivity index (χ3n) is 2.34. The van der Waals surface area contributed by atoms with E-state index < -0.39 is 0 Å². The van der Waals surface area contributed by atoms with Crippen molar-refractivity contribution in [2.45, 2.75) is 45.4 Å². The van der Waals surface area contributed by atoms with Gasteiger partial charge in [0.25, 0.3) is 0 Å². The van der Waals surface area contributed by atoms with Gasteiger partial charge in [-0.1, -0.05) is 25.9 Å². The van der Waals surface area contributed by atoms with Crippen LogP contribution >= 0.6 is 11.8 Å². The molecule has 1 rings (SSSR count). The van der Waals surface area contributed by atoms with Crippen molar-refractivity contribution in [3.8, 4) is 0 Å². The Balaban J connectivity index is 2.45. The Morgan fingerprint density at radius 3 is 2.56 bits per heavy atom. The maximum Gasteiger partial charge on any atom is 0.231 e. The molecule has 0 saturated heterocycles. The van der Waals surface area contributed by atoms with Crippen molar-refractivity contribution >= 4 is 11.8 Å². The number of hydrogen-bond acceptors (Lipinski definition) is 5. The first-order chi connectivity index (χ1) is 7.50. The first-order valence-electron chi connectivity index (χ1n) is 5.66.